The summed E-state index contributed by atoms with van der Waals surface area (Å²) in [5.41, 5.74) is 3.45. The van der Waals surface area contributed by atoms with Crippen LogP contribution < -0.4 is 10.6 Å². The summed E-state index contributed by atoms with van der Waals surface area (Å²) in [6.07, 6.45) is 0. The molecule has 2 aromatic carbocycles. The maximum Gasteiger partial charge on any atom is 0.322 e. The lowest BCUT2D eigenvalue weighted by atomic mass is 10.1. The monoisotopic (exact) mass is 339 g/mol. The van der Waals surface area contributed by atoms with E-state index < -0.39 is 0 Å². The number of hydrogen-bond donors (Lipinski definition) is 3. The van der Waals surface area contributed by atoms with E-state index in [2.05, 4.69) is 10.6 Å². The molecule has 1 atom stereocenters. The van der Waals surface area contributed by atoms with E-state index in [1.165, 1.54) is 11.1 Å². The van der Waals surface area contributed by atoms with Gasteiger partial charge in [-0.1, -0.05) is 24.3 Å². The lowest BCUT2D eigenvalue weighted by molar-refractivity contribution is 0.0922. The number of nitrogens with zero attached hydrogens (tertiary/aromatic N) is 1. The molecule has 3 rings (SSSR count). The van der Waals surface area contributed by atoms with Crippen LogP contribution >= 0.6 is 0 Å². The zero-order valence-electron chi connectivity index (χ0n) is 14.0. The first-order chi connectivity index (χ1) is 12.1. The van der Waals surface area contributed by atoms with Crippen LogP contribution in [0.15, 0.2) is 48.5 Å². The van der Waals surface area contributed by atoms with Gasteiger partial charge in [0.2, 0.25) is 0 Å². The molecule has 3 amide bonds. The Hall–Kier alpha value is -2.86. The first-order valence-corrected chi connectivity index (χ1v) is 8.21. The van der Waals surface area contributed by atoms with Crippen molar-refractivity contribution in [2.45, 2.75) is 26.1 Å². The highest BCUT2D eigenvalue weighted by Crippen LogP contribution is 2.23. The Morgan fingerprint density at radius 1 is 1.08 bits per heavy atom. The van der Waals surface area contributed by atoms with Crippen LogP contribution in [0.2, 0.25) is 0 Å². The number of rotatable bonds is 4. The van der Waals surface area contributed by atoms with Gasteiger partial charge in [0.1, 0.15) is 0 Å². The summed E-state index contributed by atoms with van der Waals surface area (Å²) in [5, 5.41) is 14.5. The third-order valence-corrected chi connectivity index (χ3v) is 4.18. The molecule has 0 spiro atoms. The van der Waals surface area contributed by atoms with E-state index in [0.29, 0.717) is 24.3 Å². The molecule has 0 saturated carbocycles. The topological polar surface area (TPSA) is 81.7 Å². The minimum absolute atomic E-state index is 0.113. The van der Waals surface area contributed by atoms with Crippen LogP contribution in [0.3, 0.4) is 0 Å². The van der Waals surface area contributed by atoms with Crippen molar-refractivity contribution in [3.8, 4) is 0 Å². The van der Waals surface area contributed by atoms with Gasteiger partial charge >= 0.3 is 6.03 Å². The summed E-state index contributed by atoms with van der Waals surface area (Å²) in [6.45, 7) is 2.81. The number of carbonyl (C=O) groups excluding carboxylic acids is 2. The van der Waals surface area contributed by atoms with E-state index in [9.17, 15) is 9.59 Å². The molecule has 3 N–H and O–H groups in total. The van der Waals surface area contributed by atoms with Crippen LogP contribution in [0.4, 0.5) is 10.5 Å². The molecule has 130 valence electrons. The van der Waals surface area contributed by atoms with Gasteiger partial charge in [-0.3, -0.25) is 4.79 Å². The van der Waals surface area contributed by atoms with Crippen molar-refractivity contribution in [1.29, 1.82) is 0 Å². The molecular weight excluding hydrogens is 318 g/mol. The third kappa shape index (κ3) is 3.97. The van der Waals surface area contributed by atoms with Gasteiger partial charge in [-0.15, -0.1) is 0 Å². The fraction of sp³-hybridized carbons (Fsp3) is 0.263. The molecule has 0 radical (unpaired) electrons. The van der Waals surface area contributed by atoms with Crippen LogP contribution in [-0.4, -0.2) is 34.6 Å². The van der Waals surface area contributed by atoms with E-state index in [1.54, 1.807) is 36.1 Å². The number of anilines is 1. The predicted octanol–water partition coefficient (Wildman–Crippen LogP) is 2.34. The quantitative estimate of drug-likeness (QED) is 0.800. The zero-order chi connectivity index (χ0) is 17.8. The summed E-state index contributed by atoms with van der Waals surface area (Å²) >= 11 is 0. The number of benzene rings is 2. The highest BCUT2D eigenvalue weighted by molar-refractivity contribution is 5.95. The van der Waals surface area contributed by atoms with Crippen molar-refractivity contribution in [2.75, 3.05) is 11.9 Å². The smallest absolute Gasteiger partial charge is 0.322 e. The predicted molar refractivity (Wildman–Crippen MR) is 95.2 cm³/mol. The first kappa shape index (κ1) is 17.0. The lowest BCUT2D eigenvalue weighted by Gasteiger charge is -2.16. The molecular formula is C19H21N3O3. The maximum absolute atomic E-state index is 12.4. The molecule has 6 nitrogen and oxygen atoms in total. The number of aliphatic hydroxyl groups excluding tert-OH is 1. The molecule has 0 aliphatic carbocycles. The number of aliphatic hydroxyl groups is 1. The Bertz CT molecular complexity index is 749. The summed E-state index contributed by atoms with van der Waals surface area (Å²) in [5.74, 6) is -0.255. The highest BCUT2D eigenvalue weighted by atomic mass is 16.3. The summed E-state index contributed by atoms with van der Waals surface area (Å²) in [6, 6.07) is 14.2. The van der Waals surface area contributed by atoms with Gasteiger partial charge in [0.15, 0.2) is 0 Å². The van der Waals surface area contributed by atoms with Crippen LogP contribution in [0, 0.1) is 0 Å². The fourth-order valence-corrected chi connectivity index (χ4v) is 2.74. The highest BCUT2D eigenvalue weighted by Gasteiger charge is 2.22. The normalized spacial score (nSPS) is 13.9. The molecule has 2 aromatic rings. The van der Waals surface area contributed by atoms with Gasteiger partial charge in [0.05, 0.1) is 6.61 Å². The van der Waals surface area contributed by atoms with Crippen LogP contribution in [-0.2, 0) is 13.1 Å². The van der Waals surface area contributed by atoms with Gasteiger partial charge in [-0.2, -0.15) is 0 Å². The maximum atomic E-state index is 12.4. The Kier molecular flexibility index (Phi) is 5.00. The average Bonchev–Trinajstić information content (AvgIpc) is 3.06. The zero-order valence-corrected chi connectivity index (χ0v) is 14.0. The molecule has 0 saturated heterocycles. The van der Waals surface area contributed by atoms with Gasteiger partial charge in [0, 0.05) is 30.4 Å². The van der Waals surface area contributed by atoms with Crippen molar-refractivity contribution in [3.63, 3.8) is 0 Å². The van der Waals surface area contributed by atoms with Crippen molar-refractivity contribution in [1.82, 2.24) is 10.2 Å². The van der Waals surface area contributed by atoms with E-state index >= 15 is 0 Å². The summed E-state index contributed by atoms with van der Waals surface area (Å²) < 4.78 is 0. The Labute approximate surface area is 146 Å². The standard InChI is InChI=1S/C19H21N3O3/c1-13(12-23)20-18(24)14-6-8-17(9-7-14)21-19(25)22-10-15-4-2-3-5-16(15)11-22/h2-9,13,23H,10-12H2,1H3,(H,20,24)(H,21,25)/t13-/m0/s1. The van der Waals surface area contributed by atoms with Crippen molar-refractivity contribution in [2.24, 2.45) is 0 Å². The molecule has 0 unspecified atom stereocenters. The van der Waals surface area contributed by atoms with Crippen LogP contribution in [0.1, 0.15) is 28.4 Å². The van der Waals surface area contributed by atoms with Crippen LogP contribution in [0.25, 0.3) is 0 Å². The Morgan fingerprint density at radius 3 is 2.24 bits per heavy atom. The van der Waals surface area contributed by atoms with Crippen molar-refractivity contribution in [3.05, 3.63) is 65.2 Å². The second kappa shape index (κ2) is 7.36. The molecule has 6 heteroatoms. The number of fused-ring (bicyclic) bond motifs is 1. The fourth-order valence-electron chi connectivity index (χ4n) is 2.74. The lowest BCUT2D eigenvalue weighted by Crippen LogP contribution is -2.35. The Balaban J connectivity index is 1.59. The molecule has 0 aromatic heterocycles. The molecule has 1 aliphatic heterocycles. The minimum Gasteiger partial charge on any atom is -0.394 e. The molecule has 1 aliphatic rings. The number of hydrogen-bond acceptors (Lipinski definition) is 3. The number of nitrogens with one attached hydrogen (secondary N) is 2. The molecule has 0 bridgehead atoms. The van der Waals surface area contributed by atoms with Gasteiger partial charge in [-0.05, 0) is 42.3 Å². The van der Waals surface area contributed by atoms with Gasteiger partial charge in [0.25, 0.3) is 5.91 Å². The third-order valence-electron chi connectivity index (χ3n) is 4.18. The first-order valence-electron chi connectivity index (χ1n) is 8.21. The number of carbonyl (C=O) groups is 2. The number of urea groups is 1. The molecule has 0 fully saturated rings. The van der Waals surface area contributed by atoms with E-state index in [0.717, 1.165) is 0 Å². The number of amides is 3. The SMILES string of the molecule is C[C@@H](CO)NC(=O)c1ccc(NC(=O)N2Cc3ccccc3C2)cc1. The summed E-state index contributed by atoms with van der Waals surface area (Å²) in [7, 11) is 0. The van der Waals surface area contributed by atoms with Gasteiger partial charge in [-0.25, -0.2) is 4.79 Å². The van der Waals surface area contributed by atoms with Gasteiger partial charge < -0.3 is 20.6 Å². The van der Waals surface area contributed by atoms with Crippen molar-refractivity contribution >= 4 is 17.6 Å². The molecule has 1 heterocycles. The minimum atomic E-state index is -0.302. The van der Waals surface area contributed by atoms with Crippen LogP contribution in [0.5, 0.6) is 0 Å². The Morgan fingerprint density at radius 2 is 1.68 bits per heavy atom. The second-order valence-electron chi connectivity index (χ2n) is 6.19. The average molecular weight is 339 g/mol. The van der Waals surface area contributed by atoms with E-state index in [1.807, 2.05) is 24.3 Å². The second-order valence-corrected chi connectivity index (χ2v) is 6.19. The van der Waals surface area contributed by atoms with E-state index in [4.69, 9.17) is 5.11 Å². The summed E-state index contributed by atoms with van der Waals surface area (Å²) in [4.78, 5) is 26.1. The van der Waals surface area contributed by atoms with Crippen molar-refractivity contribution < 1.29 is 14.7 Å². The largest absolute Gasteiger partial charge is 0.394 e. The molecule has 25 heavy (non-hydrogen) atoms. The van der Waals surface area contributed by atoms with E-state index in [-0.39, 0.29) is 24.6 Å².